The van der Waals surface area contributed by atoms with Gasteiger partial charge in [0, 0.05) is 6.66 Å². The Labute approximate surface area is 54.3 Å². The third kappa shape index (κ3) is 7.86. The molecule has 0 bridgehead atoms. The molecule has 0 aromatic rings. The van der Waals surface area contributed by atoms with Crippen molar-refractivity contribution in [2.75, 3.05) is 13.3 Å². The van der Waals surface area contributed by atoms with Crippen molar-refractivity contribution in [3.05, 3.63) is 12.2 Å². The minimum absolute atomic E-state index is 0.0841. The van der Waals surface area contributed by atoms with Crippen molar-refractivity contribution < 1.29 is 13.3 Å². The zero-order valence-corrected chi connectivity index (χ0v) is 6.40. The van der Waals surface area contributed by atoms with Gasteiger partial charge in [0.15, 0.2) is 0 Å². The van der Waals surface area contributed by atoms with Crippen LogP contribution >= 0.6 is 7.68 Å². The smallest absolute Gasteiger partial charge is 0.302 e. The molecule has 0 rings (SSSR count). The van der Waals surface area contributed by atoms with E-state index in [-0.39, 0.29) is 6.61 Å². The highest BCUT2D eigenvalue weighted by Crippen LogP contribution is 2.43. The van der Waals surface area contributed by atoms with E-state index >= 15 is 0 Å². The van der Waals surface area contributed by atoms with Crippen molar-refractivity contribution in [3.8, 4) is 0 Å². The van der Waals surface area contributed by atoms with Crippen molar-refractivity contribution >= 4 is 7.68 Å². The van der Waals surface area contributed by atoms with E-state index in [1.165, 1.54) is 0 Å². The van der Waals surface area contributed by atoms with Crippen LogP contribution in [-0.2, 0) is 9.09 Å². The second-order valence-corrected chi connectivity index (χ2v) is 3.36. The summed E-state index contributed by atoms with van der Waals surface area (Å²) in [6.07, 6.45) is 3.30. The standard InChI is InChI=1S/C5H10FO2P/c1-3-4-5-8-9(2,6)7/h3-4H,5H2,1-2H3. The molecule has 0 aromatic heterocycles. The molecular formula is C5H10FO2P. The molecule has 1 unspecified atom stereocenters. The van der Waals surface area contributed by atoms with Crippen LogP contribution in [0.1, 0.15) is 6.92 Å². The molecule has 4 heteroatoms. The lowest BCUT2D eigenvalue weighted by molar-refractivity contribution is 0.326. The Morgan fingerprint density at radius 3 is 2.67 bits per heavy atom. The van der Waals surface area contributed by atoms with E-state index in [9.17, 15) is 8.76 Å². The summed E-state index contributed by atoms with van der Waals surface area (Å²) < 4.78 is 26.5. The Balaban J connectivity index is 3.40. The van der Waals surface area contributed by atoms with E-state index in [4.69, 9.17) is 0 Å². The molecule has 0 saturated heterocycles. The lowest BCUT2D eigenvalue weighted by atomic mass is 10.6. The molecule has 0 spiro atoms. The molecule has 0 saturated carbocycles. The maximum atomic E-state index is 12.0. The summed E-state index contributed by atoms with van der Waals surface area (Å²) in [4.78, 5) is 0. The summed E-state index contributed by atoms with van der Waals surface area (Å²) in [5.74, 6) is 0. The fourth-order valence-electron chi connectivity index (χ4n) is 0.272. The van der Waals surface area contributed by atoms with E-state index in [2.05, 4.69) is 4.52 Å². The molecule has 0 aliphatic carbocycles. The van der Waals surface area contributed by atoms with E-state index in [0.29, 0.717) is 0 Å². The zero-order chi connectivity index (χ0) is 7.33. The van der Waals surface area contributed by atoms with Crippen LogP contribution in [-0.4, -0.2) is 13.3 Å². The topological polar surface area (TPSA) is 26.3 Å². The van der Waals surface area contributed by atoms with Crippen LogP contribution in [0.5, 0.6) is 0 Å². The predicted molar refractivity (Wildman–Crippen MR) is 35.4 cm³/mol. The second kappa shape index (κ2) is 3.80. The van der Waals surface area contributed by atoms with Gasteiger partial charge in [0.1, 0.15) is 0 Å². The number of allylic oxidation sites excluding steroid dienone is 1. The average molecular weight is 152 g/mol. The molecule has 1 atom stereocenters. The van der Waals surface area contributed by atoms with E-state index in [1.54, 1.807) is 19.1 Å². The van der Waals surface area contributed by atoms with Gasteiger partial charge in [-0.05, 0) is 6.92 Å². The first-order chi connectivity index (χ1) is 4.06. The number of hydrogen-bond acceptors (Lipinski definition) is 2. The highest BCUT2D eigenvalue weighted by Gasteiger charge is 2.10. The Bertz CT molecular complexity index is 138. The van der Waals surface area contributed by atoms with E-state index in [1.807, 2.05) is 0 Å². The van der Waals surface area contributed by atoms with Crippen LogP contribution in [0.15, 0.2) is 12.2 Å². The van der Waals surface area contributed by atoms with Crippen LogP contribution in [0.2, 0.25) is 0 Å². The van der Waals surface area contributed by atoms with Gasteiger partial charge in [-0.15, -0.1) is 0 Å². The molecule has 0 aliphatic rings. The van der Waals surface area contributed by atoms with E-state index in [0.717, 1.165) is 6.66 Å². The molecule has 0 fully saturated rings. The van der Waals surface area contributed by atoms with Crippen LogP contribution in [0.4, 0.5) is 4.20 Å². The quantitative estimate of drug-likeness (QED) is 0.458. The highest BCUT2D eigenvalue weighted by molar-refractivity contribution is 7.52. The van der Waals surface area contributed by atoms with Crippen molar-refractivity contribution in [3.63, 3.8) is 0 Å². The maximum Gasteiger partial charge on any atom is 0.364 e. The van der Waals surface area contributed by atoms with E-state index < -0.39 is 7.68 Å². The van der Waals surface area contributed by atoms with Gasteiger partial charge in [-0.25, -0.2) is 0 Å². The molecule has 54 valence electrons. The van der Waals surface area contributed by atoms with Crippen molar-refractivity contribution in [1.29, 1.82) is 0 Å². The van der Waals surface area contributed by atoms with Crippen LogP contribution in [0.3, 0.4) is 0 Å². The van der Waals surface area contributed by atoms with Gasteiger partial charge in [-0.2, -0.15) is 4.20 Å². The Morgan fingerprint density at radius 2 is 2.33 bits per heavy atom. The van der Waals surface area contributed by atoms with Gasteiger partial charge in [0.2, 0.25) is 0 Å². The second-order valence-electron chi connectivity index (χ2n) is 1.61. The summed E-state index contributed by atoms with van der Waals surface area (Å²) in [7, 11) is -3.75. The summed E-state index contributed by atoms with van der Waals surface area (Å²) >= 11 is 0. The number of rotatable bonds is 3. The first-order valence-corrected chi connectivity index (χ1v) is 4.55. The fourth-order valence-corrected chi connectivity index (χ4v) is 0.625. The third-order valence-electron chi connectivity index (χ3n) is 0.637. The summed E-state index contributed by atoms with van der Waals surface area (Å²) in [6, 6.07) is 0. The Kier molecular flexibility index (Phi) is 3.75. The average Bonchev–Trinajstić information content (AvgIpc) is 1.63. The fraction of sp³-hybridized carbons (Fsp3) is 0.600. The Morgan fingerprint density at radius 1 is 1.78 bits per heavy atom. The molecule has 0 amide bonds. The molecule has 9 heavy (non-hydrogen) atoms. The monoisotopic (exact) mass is 152 g/mol. The molecule has 0 aromatic carbocycles. The molecular weight excluding hydrogens is 142 g/mol. The molecule has 0 aliphatic heterocycles. The zero-order valence-electron chi connectivity index (χ0n) is 5.50. The van der Waals surface area contributed by atoms with Crippen molar-refractivity contribution in [2.24, 2.45) is 0 Å². The van der Waals surface area contributed by atoms with Crippen molar-refractivity contribution in [1.82, 2.24) is 0 Å². The first-order valence-electron chi connectivity index (χ1n) is 2.59. The highest BCUT2D eigenvalue weighted by atomic mass is 31.2. The molecule has 0 N–H and O–H groups in total. The van der Waals surface area contributed by atoms with Crippen molar-refractivity contribution in [2.45, 2.75) is 6.92 Å². The first kappa shape index (κ1) is 8.86. The minimum atomic E-state index is -3.75. The minimum Gasteiger partial charge on any atom is -0.302 e. The lowest BCUT2D eigenvalue weighted by Gasteiger charge is -1.98. The van der Waals surface area contributed by atoms with Crippen LogP contribution in [0, 0.1) is 0 Å². The summed E-state index contributed by atoms with van der Waals surface area (Å²) in [5, 5.41) is 0. The predicted octanol–water partition coefficient (Wildman–Crippen LogP) is 2.37. The van der Waals surface area contributed by atoms with Gasteiger partial charge in [-0.3, -0.25) is 4.57 Å². The lowest BCUT2D eigenvalue weighted by Crippen LogP contribution is -1.82. The van der Waals surface area contributed by atoms with Gasteiger partial charge >= 0.3 is 7.68 Å². The van der Waals surface area contributed by atoms with Gasteiger partial charge in [0.05, 0.1) is 6.61 Å². The maximum absolute atomic E-state index is 12.0. The molecule has 0 heterocycles. The normalized spacial score (nSPS) is 18.1. The van der Waals surface area contributed by atoms with Gasteiger partial charge in [0.25, 0.3) is 0 Å². The van der Waals surface area contributed by atoms with Crippen LogP contribution < -0.4 is 0 Å². The molecule has 2 nitrogen and oxygen atoms in total. The van der Waals surface area contributed by atoms with Crippen LogP contribution in [0.25, 0.3) is 0 Å². The number of hydrogen-bond donors (Lipinski definition) is 0. The van der Waals surface area contributed by atoms with Gasteiger partial charge in [-0.1, -0.05) is 12.2 Å². The Hall–Kier alpha value is -0.140. The van der Waals surface area contributed by atoms with Gasteiger partial charge < -0.3 is 4.52 Å². The third-order valence-corrected chi connectivity index (χ3v) is 1.25. The largest absolute Gasteiger partial charge is 0.364 e. The molecule has 0 radical (unpaired) electrons. The summed E-state index contributed by atoms with van der Waals surface area (Å²) in [5.41, 5.74) is 0. The number of halogens is 1. The summed E-state index contributed by atoms with van der Waals surface area (Å²) in [6.45, 7) is 2.81. The SMILES string of the molecule is CC=CCOP(C)(=O)F.